The molecule has 3 aromatic heterocycles. The molecular formula is C23H25ClF2N6O2. The molecule has 0 fully saturated rings. The van der Waals surface area contributed by atoms with Crippen LogP contribution in [0.15, 0.2) is 40.2 Å². The summed E-state index contributed by atoms with van der Waals surface area (Å²) in [5.74, 6) is -1.79. The zero-order valence-electron chi connectivity index (χ0n) is 18.7. The minimum absolute atomic E-state index is 0.0712. The van der Waals surface area contributed by atoms with Gasteiger partial charge in [-0.05, 0) is 54.1 Å². The van der Waals surface area contributed by atoms with E-state index in [-0.39, 0.29) is 23.0 Å². The van der Waals surface area contributed by atoms with E-state index in [2.05, 4.69) is 22.0 Å². The Morgan fingerprint density at radius 2 is 1.82 bits per heavy atom. The van der Waals surface area contributed by atoms with E-state index in [0.717, 1.165) is 37.0 Å². The number of unbranched alkanes of at least 4 members (excludes halogenated alkanes) is 2. The van der Waals surface area contributed by atoms with Crippen molar-refractivity contribution in [2.45, 2.75) is 58.7 Å². The third-order valence-corrected chi connectivity index (χ3v) is 5.86. The van der Waals surface area contributed by atoms with Crippen LogP contribution in [-0.2, 0) is 26.1 Å². The summed E-state index contributed by atoms with van der Waals surface area (Å²) in [6.07, 6.45) is 7.37. The van der Waals surface area contributed by atoms with Crippen LogP contribution >= 0.6 is 11.6 Å². The number of hydrogen-bond acceptors (Lipinski definition) is 4. The molecule has 0 bridgehead atoms. The summed E-state index contributed by atoms with van der Waals surface area (Å²) in [7, 11) is 0. The van der Waals surface area contributed by atoms with Gasteiger partial charge in [0.05, 0.1) is 12.7 Å². The molecule has 34 heavy (non-hydrogen) atoms. The molecule has 0 amide bonds. The highest BCUT2D eigenvalue weighted by molar-refractivity contribution is 6.28. The number of benzene rings is 1. The molecule has 0 aliphatic carbocycles. The van der Waals surface area contributed by atoms with Gasteiger partial charge in [-0.15, -0.1) is 0 Å². The highest BCUT2D eigenvalue weighted by Gasteiger charge is 2.16. The number of imidazole rings is 1. The predicted octanol–water partition coefficient (Wildman–Crippen LogP) is 3.89. The van der Waals surface area contributed by atoms with Gasteiger partial charge in [-0.2, -0.15) is 10.1 Å². The van der Waals surface area contributed by atoms with Crippen molar-refractivity contribution in [2.24, 2.45) is 0 Å². The second-order valence-electron chi connectivity index (χ2n) is 8.22. The summed E-state index contributed by atoms with van der Waals surface area (Å²) in [5.41, 5.74) is 1.16. The molecular weight excluding hydrogens is 466 g/mol. The van der Waals surface area contributed by atoms with Gasteiger partial charge >= 0.3 is 5.69 Å². The molecule has 1 N–H and O–H groups in total. The lowest BCUT2D eigenvalue weighted by molar-refractivity contribution is 0.505. The average Bonchev–Trinajstić information content (AvgIpc) is 3.42. The SMILES string of the molecule is CCCCCn1c(=O)n(CCCc2cnn(Cc3ccc(F)c(F)c3)c2)c(=O)c2[nH]c(Cl)nc21. The molecule has 1 aromatic carbocycles. The number of fused-ring (bicyclic) bond motifs is 1. The summed E-state index contributed by atoms with van der Waals surface area (Å²) in [6.45, 7) is 3.06. The van der Waals surface area contributed by atoms with Crippen LogP contribution in [0, 0.1) is 11.6 Å². The summed E-state index contributed by atoms with van der Waals surface area (Å²) in [5, 5.41) is 4.33. The lowest BCUT2D eigenvalue weighted by atomic mass is 10.2. The molecule has 0 radical (unpaired) electrons. The fourth-order valence-electron chi connectivity index (χ4n) is 3.95. The van der Waals surface area contributed by atoms with Crippen LogP contribution in [0.1, 0.15) is 43.7 Å². The molecule has 0 saturated heterocycles. The van der Waals surface area contributed by atoms with Crippen molar-refractivity contribution in [1.29, 1.82) is 0 Å². The molecule has 0 atom stereocenters. The molecule has 0 spiro atoms. The molecule has 4 rings (SSSR count). The number of nitrogens with zero attached hydrogens (tertiary/aromatic N) is 5. The van der Waals surface area contributed by atoms with Gasteiger partial charge in [-0.25, -0.2) is 13.6 Å². The Labute approximate surface area is 198 Å². The number of aryl methyl sites for hydroxylation is 2. The standard InChI is InChI=1S/C23H25ClF2N6O2/c1-2-3-4-9-31-20-19(28-22(24)29-20)21(33)32(23(31)34)10-5-6-16-12-27-30(14-16)13-15-7-8-17(25)18(26)11-15/h7-8,11-12,14H,2-6,9-10,13H2,1H3,(H,28,29). The highest BCUT2D eigenvalue weighted by Crippen LogP contribution is 2.13. The van der Waals surface area contributed by atoms with Crippen molar-refractivity contribution in [3.63, 3.8) is 0 Å². The monoisotopic (exact) mass is 490 g/mol. The molecule has 0 unspecified atom stereocenters. The van der Waals surface area contributed by atoms with Gasteiger partial charge in [0.1, 0.15) is 0 Å². The number of nitrogens with one attached hydrogen (secondary N) is 1. The Balaban J connectivity index is 1.47. The molecule has 0 saturated carbocycles. The summed E-state index contributed by atoms with van der Waals surface area (Å²) in [6, 6.07) is 3.74. The number of rotatable bonds is 10. The van der Waals surface area contributed by atoms with Gasteiger partial charge in [-0.1, -0.05) is 25.8 Å². The number of aromatic nitrogens is 6. The predicted molar refractivity (Wildman–Crippen MR) is 125 cm³/mol. The van der Waals surface area contributed by atoms with E-state index < -0.39 is 22.9 Å². The largest absolute Gasteiger partial charge is 0.332 e. The Morgan fingerprint density at radius 3 is 2.59 bits per heavy atom. The maximum absolute atomic E-state index is 13.4. The third kappa shape index (κ3) is 5.11. The van der Waals surface area contributed by atoms with Crippen molar-refractivity contribution >= 4 is 22.8 Å². The van der Waals surface area contributed by atoms with E-state index in [0.29, 0.717) is 31.5 Å². The van der Waals surface area contributed by atoms with E-state index in [1.54, 1.807) is 10.9 Å². The van der Waals surface area contributed by atoms with Crippen molar-refractivity contribution in [3.8, 4) is 0 Å². The van der Waals surface area contributed by atoms with Gasteiger partial charge in [0, 0.05) is 19.3 Å². The van der Waals surface area contributed by atoms with Crippen LogP contribution in [0.3, 0.4) is 0 Å². The zero-order valence-corrected chi connectivity index (χ0v) is 19.5. The van der Waals surface area contributed by atoms with Crippen molar-refractivity contribution in [1.82, 2.24) is 28.9 Å². The molecule has 3 heterocycles. The maximum Gasteiger partial charge on any atom is 0.332 e. The van der Waals surface area contributed by atoms with Crippen LogP contribution < -0.4 is 11.2 Å². The molecule has 4 aromatic rings. The summed E-state index contributed by atoms with van der Waals surface area (Å²) < 4.78 is 30.9. The zero-order chi connectivity index (χ0) is 24.2. The van der Waals surface area contributed by atoms with Crippen molar-refractivity contribution in [3.05, 3.63) is 79.5 Å². The smallest absolute Gasteiger partial charge is 0.323 e. The number of H-pyrrole nitrogens is 1. The van der Waals surface area contributed by atoms with Crippen LogP contribution in [0.2, 0.25) is 5.28 Å². The van der Waals surface area contributed by atoms with E-state index >= 15 is 0 Å². The minimum Gasteiger partial charge on any atom is -0.323 e. The van der Waals surface area contributed by atoms with Gasteiger partial charge < -0.3 is 4.98 Å². The fraction of sp³-hybridized carbons (Fsp3) is 0.391. The minimum atomic E-state index is -0.897. The second kappa shape index (κ2) is 10.3. The normalized spacial score (nSPS) is 11.5. The Hall–Kier alpha value is -3.27. The van der Waals surface area contributed by atoms with E-state index in [1.165, 1.54) is 15.2 Å². The Kier molecular flexibility index (Phi) is 7.26. The van der Waals surface area contributed by atoms with Crippen LogP contribution in [0.25, 0.3) is 11.2 Å². The molecule has 11 heteroatoms. The Morgan fingerprint density at radius 1 is 1.03 bits per heavy atom. The quantitative estimate of drug-likeness (QED) is 0.270. The summed E-state index contributed by atoms with van der Waals surface area (Å²) >= 11 is 5.98. The van der Waals surface area contributed by atoms with Crippen molar-refractivity contribution < 1.29 is 8.78 Å². The number of aromatic amines is 1. The van der Waals surface area contributed by atoms with Crippen LogP contribution in [0.5, 0.6) is 0 Å². The fourth-order valence-corrected chi connectivity index (χ4v) is 4.12. The first-order chi connectivity index (χ1) is 16.4. The highest BCUT2D eigenvalue weighted by atomic mass is 35.5. The first-order valence-electron chi connectivity index (χ1n) is 11.2. The van der Waals surface area contributed by atoms with Gasteiger partial charge in [-0.3, -0.25) is 18.6 Å². The Bertz CT molecular complexity index is 1420. The van der Waals surface area contributed by atoms with E-state index in [4.69, 9.17) is 11.6 Å². The molecule has 0 aliphatic heterocycles. The summed E-state index contributed by atoms with van der Waals surface area (Å²) in [4.78, 5) is 32.9. The van der Waals surface area contributed by atoms with Crippen LogP contribution in [-0.4, -0.2) is 28.9 Å². The first kappa shape index (κ1) is 23.9. The number of halogens is 3. The van der Waals surface area contributed by atoms with Gasteiger partial charge in [0.2, 0.25) is 5.28 Å². The van der Waals surface area contributed by atoms with Crippen LogP contribution in [0.4, 0.5) is 8.78 Å². The average molecular weight is 491 g/mol. The first-order valence-corrected chi connectivity index (χ1v) is 11.6. The molecule has 0 aliphatic rings. The lowest BCUT2D eigenvalue weighted by Gasteiger charge is -2.11. The van der Waals surface area contributed by atoms with Gasteiger partial charge in [0.15, 0.2) is 22.8 Å². The lowest BCUT2D eigenvalue weighted by Crippen LogP contribution is -2.40. The van der Waals surface area contributed by atoms with Crippen molar-refractivity contribution in [2.75, 3.05) is 0 Å². The number of hydrogen-bond donors (Lipinski definition) is 1. The second-order valence-corrected chi connectivity index (χ2v) is 8.58. The van der Waals surface area contributed by atoms with E-state index in [9.17, 15) is 18.4 Å². The molecule has 8 nitrogen and oxygen atoms in total. The third-order valence-electron chi connectivity index (χ3n) is 5.68. The van der Waals surface area contributed by atoms with Gasteiger partial charge in [0.25, 0.3) is 5.56 Å². The topological polar surface area (TPSA) is 90.5 Å². The van der Waals surface area contributed by atoms with E-state index in [1.807, 2.05) is 6.20 Å². The molecule has 180 valence electrons. The maximum atomic E-state index is 13.4.